The number of hydrogen-bond donors (Lipinski definition) is 4. The maximum atomic E-state index is 12.8. The van der Waals surface area contributed by atoms with E-state index in [1.807, 2.05) is 37.4 Å². The van der Waals surface area contributed by atoms with E-state index in [1.165, 1.54) is 0 Å². The lowest BCUT2D eigenvalue weighted by molar-refractivity contribution is -0.133. The predicted octanol–water partition coefficient (Wildman–Crippen LogP) is 1.08. The van der Waals surface area contributed by atoms with Crippen molar-refractivity contribution in [2.75, 3.05) is 13.7 Å². The van der Waals surface area contributed by atoms with Crippen LogP contribution >= 0.6 is 0 Å². The third-order valence-electron chi connectivity index (χ3n) is 5.43. The Kier molecular flexibility index (Phi) is 6.13. The smallest absolute Gasteiger partial charge is 0.240 e. The van der Waals surface area contributed by atoms with Gasteiger partial charge >= 0.3 is 0 Å². The molecule has 0 radical (unpaired) electrons. The molecule has 1 aliphatic heterocycles. The van der Waals surface area contributed by atoms with Crippen LogP contribution < -0.4 is 16.4 Å². The molecule has 7 heteroatoms. The molecule has 2 aromatic rings. The highest BCUT2D eigenvalue weighted by Gasteiger charge is 2.34. The second kappa shape index (κ2) is 8.54. The molecule has 146 valence electrons. The summed E-state index contributed by atoms with van der Waals surface area (Å²) in [6.45, 7) is 2.76. The third kappa shape index (κ3) is 4.31. The number of aromatic amines is 1. The van der Waals surface area contributed by atoms with Gasteiger partial charge in [0.15, 0.2) is 0 Å². The van der Waals surface area contributed by atoms with Gasteiger partial charge in [0.25, 0.3) is 0 Å². The van der Waals surface area contributed by atoms with Gasteiger partial charge in [0, 0.05) is 36.7 Å². The fourth-order valence-electron chi connectivity index (χ4n) is 3.90. The number of para-hydroxylation sites is 1. The summed E-state index contributed by atoms with van der Waals surface area (Å²) < 4.78 is 5.58. The largest absolute Gasteiger partial charge is 0.379 e. The van der Waals surface area contributed by atoms with Crippen LogP contribution in [-0.2, 0) is 20.7 Å². The van der Waals surface area contributed by atoms with Gasteiger partial charge in [-0.1, -0.05) is 25.1 Å². The van der Waals surface area contributed by atoms with E-state index in [0.29, 0.717) is 6.42 Å². The maximum Gasteiger partial charge on any atom is 0.240 e. The average molecular weight is 372 g/mol. The molecule has 0 aliphatic carbocycles. The van der Waals surface area contributed by atoms with Crippen LogP contribution in [0.2, 0.25) is 0 Å². The van der Waals surface area contributed by atoms with Gasteiger partial charge in [-0.25, -0.2) is 0 Å². The molecule has 4 atom stereocenters. The lowest BCUT2D eigenvalue weighted by Gasteiger charge is -2.28. The topological polar surface area (TPSA) is 109 Å². The van der Waals surface area contributed by atoms with Crippen molar-refractivity contribution in [2.45, 2.75) is 44.4 Å². The van der Waals surface area contributed by atoms with Gasteiger partial charge in [-0.15, -0.1) is 0 Å². The summed E-state index contributed by atoms with van der Waals surface area (Å²) in [5.41, 5.74) is 7.50. The number of ether oxygens (including phenoxy) is 1. The molecule has 3 unspecified atom stereocenters. The number of carbonyl (C=O) groups excluding carboxylic acids is 2. The SMILES string of the molecule is COC(C(C)C(=O)NC(Cc1c[nH]c2ccccc12)C(N)=O)[C@@H]1CCCN1. The Hall–Kier alpha value is -2.38. The van der Waals surface area contributed by atoms with Gasteiger partial charge in [-0.2, -0.15) is 0 Å². The molecule has 0 spiro atoms. The number of nitrogens with two attached hydrogens (primary N) is 1. The number of benzene rings is 1. The van der Waals surface area contributed by atoms with Crippen LogP contribution in [0, 0.1) is 5.92 Å². The number of methoxy groups -OCH3 is 1. The maximum absolute atomic E-state index is 12.8. The molecule has 0 saturated carbocycles. The van der Waals surface area contributed by atoms with Gasteiger partial charge in [0.2, 0.25) is 11.8 Å². The second-order valence-electron chi connectivity index (χ2n) is 7.22. The Morgan fingerprint density at radius 2 is 2.15 bits per heavy atom. The van der Waals surface area contributed by atoms with Crippen LogP contribution in [0.1, 0.15) is 25.3 Å². The van der Waals surface area contributed by atoms with Crippen molar-refractivity contribution in [3.05, 3.63) is 36.0 Å². The van der Waals surface area contributed by atoms with Crippen molar-refractivity contribution >= 4 is 22.7 Å². The highest BCUT2D eigenvalue weighted by molar-refractivity contribution is 5.89. The Labute approximate surface area is 159 Å². The van der Waals surface area contributed by atoms with E-state index in [2.05, 4.69) is 15.6 Å². The first-order chi connectivity index (χ1) is 13.0. The molecule has 2 amide bonds. The number of aromatic nitrogens is 1. The highest BCUT2D eigenvalue weighted by Crippen LogP contribution is 2.21. The van der Waals surface area contributed by atoms with Crippen molar-refractivity contribution in [3.8, 4) is 0 Å². The van der Waals surface area contributed by atoms with Crippen LogP contribution in [0.5, 0.6) is 0 Å². The van der Waals surface area contributed by atoms with E-state index < -0.39 is 17.9 Å². The van der Waals surface area contributed by atoms with E-state index in [1.54, 1.807) is 7.11 Å². The molecule has 2 heterocycles. The first-order valence-corrected chi connectivity index (χ1v) is 9.42. The first kappa shape index (κ1) is 19.4. The molecule has 1 aromatic carbocycles. The molecular weight excluding hydrogens is 344 g/mol. The monoisotopic (exact) mass is 372 g/mol. The normalized spacial score (nSPS) is 20.3. The summed E-state index contributed by atoms with van der Waals surface area (Å²) in [5.74, 6) is -1.16. The van der Waals surface area contributed by atoms with Crippen molar-refractivity contribution in [1.82, 2.24) is 15.6 Å². The van der Waals surface area contributed by atoms with Gasteiger partial charge in [0.05, 0.1) is 12.0 Å². The van der Waals surface area contributed by atoms with Gasteiger partial charge in [0.1, 0.15) is 6.04 Å². The zero-order valence-corrected chi connectivity index (χ0v) is 15.8. The summed E-state index contributed by atoms with van der Waals surface area (Å²) in [7, 11) is 1.62. The number of carbonyl (C=O) groups is 2. The minimum atomic E-state index is -0.770. The fourth-order valence-corrected chi connectivity index (χ4v) is 3.90. The molecule has 1 aliphatic rings. The molecule has 0 bridgehead atoms. The van der Waals surface area contributed by atoms with Gasteiger partial charge in [-0.05, 0) is 31.0 Å². The van der Waals surface area contributed by atoms with Crippen molar-refractivity contribution in [3.63, 3.8) is 0 Å². The summed E-state index contributed by atoms with van der Waals surface area (Å²) in [5, 5.41) is 7.22. The predicted molar refractivity (Wildman–Crippen MR) is 104 cm³/mol. The van der Waals surface area contributed by atoms with Gasteiger partial charge < -0.3 is 26.1 Å². The number of nitrogens with one attached hydrogen (secondary N) is 3. The minimum absolute atomic E-state index is 0.149. The third-order valence-corrected chi connectivity index (χ3v) is 5.43. The lowest BCUT2D eigenvalue weighted by atomic mass is 9.95. The average Bonchev–Trinajstić information content (AvgIpc) is 3.32. The number of amides is 2. The number of rotatable bonds is 8. The number of H-pyrrole nitrogens is 1. The Morgan fingerprint density at radius 1 is 1.37 bits per heavy atom. The van der Waals surface area contributed by atoms with Gasteiger partial charge in [-0.3, -0.25) is 9.59 Å². The van der Waals surface area contributed by atoms with Crippen molar-refractivity contribution in [1.29, 1.82) is 0 Å². The number of fused-ring (bicyclic) bond motifs is 1. The van der Waals surface area contributed by atoms with Crippen LogP contribution in [0.3, 0.4) is 0 Å². The quantitative estimate of drug-likeness (QED) is 0.556. The highest BCUT2D eigenvalue weighted by atomic mass is 16.5. The molecule has 1 aromatic heterocycles. The summed E-state index contributed by atoms with van der Waals surface area (Å²) >= 11 is 0. The Balaban J connectivity index is 1.69. The summed E-state index contributed by atoms with van der Waals surface area (Å²) in [6, 6.07) is 7.22. The first-order valence-electron chi connectivity index (χ1n) is 9.42. The van der Waals surface area contributed by atoms with Crippen LogP contribution in [0.15, 0.2) is 30.5 Å². The molecule has 1 saturated heterocycles. The van der Waals surface area contributed by atoms with E-state index in [4.69, 9.17) is 10.5 Å². The fraction of sp³-hybridized carbons (Fsp3) is 0.500. The molecule has 27 heavy (non-hydrogen) atoms. The van der Waals surface area contributed by atoms with Crippen LogP contribution in [0.25, 0.3) is 10.9 Å². The van der Waals surface area contributed by atoms with E-state index in [-0.39, 0.29) is 18.1 Å². The molecule has 7 nitrogen and oxygen atoms in total. The van der Waals surface area contributed by atoms with Crippen molar-refractivity contribution in [2.24, 2.45) is 11.7 Å². The Bertz CT molecular complexity index is 797. The molecular formula is C20H28N4O3. The zero-order chi connectivity index (χ0) is 19.4. The van der Waals surface area contributed by atoms with Crippen LogP contribution in [-0.4, -0.2) is 48.6 Å². The Morgan fingerprint density at radius 3 is 2.81 bits per heavy atom. The van der Waals surface area contributed by atoms with Crippen LogP contribution in [0.4, 0.5) is 0 Å². The number of primary amides is 1. The van der Waals surface area contributed by atoms with E-state index >= 15 is 0 Å². The van der Waals surface area contributed by atoms with E-state index in [0.717, 1.165) is 35.9 Å². The zero-order valence-electron chi connectivity index (χ0n) is 15.8. The number of hydrogen-bond acceptors (Lipinski definition) is 4. The van der Waals surface area contributed by atoms with E-state index in [9.17, 15) is 9.59 Å². The minimum Gasteiger partial charge on any atom is -0.379 e. The summed E-state index contributed by atoms with van der Waals surface area (Å²) in [4.78, 5) is 27.9. The lowest BCUT2D eigenvalue weighted by Crippen LogP contribution is -2.52. The molecule has 3 rings (SSSR count). The summed E-state index contributed by atoms with van der Waals surface area (Å²) in [6.07, 6.45) is 4.01. The standard InChI is InChI=1S/C20H28N4O3/c1-12(18(27-2)16-8-5-9-22-16)20(26)24-17(19(21)25)10-13-11-23-15-7-4-3-6-14(13)15/h3-4,6-7,11-12,16-18,22-23H,5,8-10H2,1-2H3,(H2,21,25)(H,24,26)/t12?,16-,17?,18?/m0/s1. The van der Waals surface area contributed by atoms with Crippen molar-refractivity contribution < 1.29 is 14.3 Å². The molecule has 5 N–H and O–H groups in total. The second-order valence-corrected chi connectivity index (χ2v) is 7.22. The molecule has 1 fully saturated rings.